The van der Waals surface area contributed by atoms with Gasteiger partial charge in [-0.3, -0.25) is 14.8 Å². The summed E-state index contributed by atoms with van der Waals surface area (Å²) in [6.45, 7) is 5.58. The quantitative estimate of drug-likeness (QED) is 0.432. The van der Waals surface area contributed by atoms with Crippen molar-refractivity contribution in [3.8, 4) is 0 Å². The third-order valence-corrected chi connectivity index (χ3v) is 7.28. The molecule has 0 saturated heterocycles. The maximum atomic E-state index is 12.9. The lowest BCUT2D eigenvalue weighted by atomic mass is 10.1. The van der Waals surface area contributed by atoms with Gasteiger partial charge in [-0.05, 0) is 68.3 Å². The van der Waals surface area contributed by atoms with E-state index in [-0.39, 0.29) is 10.8 Å². The van der Waals surface area contributed by atoms with Crippen LogP contribution in [-0.2, 0) is 10.0 Å². The number of hydrogen-bond donors (Lipinski definition) is 2. The van der Waals surface area contributed by atoms with Gasteiger partial charge < -0.3 is 0 Å². The van der Waals surface area contributed by atoms with E-state index in [1.807, 2.05) is 32.0 Å². The van der Waals surface area contributed by atoms with Gasteiger partial charge in [0.2, 0.25) is 0 Å². The Kier molecular flexibility index (Phi) is 5.51. The Hall–Kier alpha value is -3.23. The van der Waals surface area contributed by atoms with Crippen LogP contribution in [0.2, 0.25) is 0 Å². The van der Waals surface area contributed by atoms with Gasteiger partial charge >= 0.3 is 0 Å². The number of rotatable bonds is 5. The molecular formula is C23H21N3O3S2. The highest BCUT2D eigenvalue weighted by Gasteiger charge is 2.18. The van der Waals surface area contributed by atoms with Crippen LogP contribution in [0.3, 0.4) is 0 Å². The molecule has 4 aromatic rings. The van der Waals surface area contributed by atoms with Crippen LogP contribution in [0.4, 0.5) is 10.8 Å². The average molecular weight is 452 g/mol. The van der Waals surface area contributed by atoms with Crippen LogP contribution in [0.25, 0.3) is 10.2 Å². The molecule has 0 aliphatic rings. The van der Waals surface area contributed by atoms with E-state index in [0.29, 0.717) is 27.5 Å². The maximum Gasteiger partial charge on any atom is 0.262 e. The molecule has 8 heteroatoms. The Morgan fingerprint density at radius 3 is 2.35 bits per heavy atom. The molecular weight excluding hydrogens is 430 g/mol. The lowest BCUT2D eigenvalue weighted by Gasteiger charge is -2.11. The highest BCUT2D eigenvalue weighted by atomic mass is 32.2. The first kappa shape index (κ1) is 21.0. The van der Waals surface area contributed by atoms with Gasteiger partial charge in [0.05, 0.1) is 20.8 Å². The standard InChI is InChI=1S/C23H21N3O3S2/c1-14-5-8-17(9-6-14)22(27)25-23-24-19-13-18(10-11-20(19)30-23)26-31(28,29)21-12-15(2)4-7-16(21)3/h4-13,26H,1-3H3,(H,24,25,27). The highest BCUT2D eigenvalue weighted by molar-refractivity contribution is 7.92. The topological polar surface area (TPSA) is 88.2 Å². The Balaban J connectivity index is 1.57. The number of benzene rings is 3. The fourth-order valence-corrected chi connectivity index (χ4v) is 5.35. The van der Waals surface area contributed by atoms with Crippen molar-refractivity contribution in [2.75, 3.05) is 10.0 Å². The highest BCUT2D eigenvalue weighted by Crippen LogP contribution is 2.29. The molecule has 1 aromatic heterocycles. The van der Waals surface area contributed by atoms with Crippen molar-refractivity contribution in [1.29, 1.82) is 0 Å². The van der Waals surface area contributed by atoms with Gasteiger partial charge in [-0.15, -0.1) is 0 Å². The molecule has 0 atom stereocenters. The predicted octanol–water partition coefficient (Wildman–Crippen LogP) is 5.27. The second kappa shape index (κ2) is 8.13. The Labute approximate surface area is 185 Å². The van der Waals surface area contributed by atoms with Crippen LogP contribution in [0.15, 0.2) is 65.6 Å². The van der Waals surface area contributed by atoms with Crippen molar-refractivity contribution in [2.45, 2.75) is 25.7 Å². The first-order valence-electron chi connectivity index (χ1n) is 9.60. The van der Waals surface area contributed by atoms with Gasteiger partial charge in [0, 0.05) is 5.56 Å². The van der Waals surface area contributed by atoms with E-state index in [2.05, 4.69) is 15.0 Å². The van der Waals surface area contributed by atoms with Crippen LogP contribution in [0.1, 0.15) is 27.0 Å². The molecule has 0 bridgehead atoms. The number of hydrogen-bond acceptors (Lipinski definition) is 5. The number of thiazole rings is 1. The van der Waals surface area contributed by atoms with Gasteiger partial charge in [-0.25, -0.2) is 13.4 Å². The zero-order chi connectivity index (χ0) is 22.2. The summed E-state index contributed by atoms with van der Waals surface area (Å²) >= 11 is 1.33. The van der Waals surface area contributed by atoms with E-state index in [4.69, 9.17) is 0 Å². The molecule has 0 spiro atoms. The molecule has 2 N–H and O–H groups in total. The van der Waals surface area contributed by atoms with E-state index < -0.39 is 10.0 Å². The largest absolute Gasteiger partial charge is 0.298 e. The molecule has 0 unspecified atom stereocenters. The summed E-state index contributed by atoms with van der Waals surface area (Å²) in [5.41, 5.74) is 4.18. The Morgan fingerprint density at radius 2 is 1.61 bits per heavy atom. The maximum absolute atomic E-state index is 12.9. The summed E-state index contributed by atoms with van der Waals surface area (Å²) in [5.74, 6) is -0.241. The van der Waals surface area contributed by atoms with Crippen LogP contribution in [0, 0.1) is 20.8 Å². The zero-order valence-corrected chi connectivity index (χ0v) is 18.9. The molecule has 158 valence electrons. The van der Waals surface area contributed by atoms with Gasteiger partial charge in [-0.1, -0.05) is 41.2 Å². The fraction of sp³-hybridized carbons (Fsp3) is 0.130. The minimum absolute atomic E-state index is 0.241. The summed E-state index contributed by atoms with van der Waals surface area (Å²) in [7, 11) is -3.73. The average Bonchev–Trinajstić information content (AvgIpc) is 3.11. The molecule has 1 amide bonds. The minimum atomic E-state index is -3.73. The van der Waals surface area contributed by atoms with E-state index in [0.717, 1.165) is 15.8 Å². The lowest BCUT2D eigenvalue weighted by molar-refractivity contribution is 0.102. The summed E-state index contributed by atoms with van der Waals surface area (Å²) in [6, 6.07) is 17.7. The van der Waals surface area contributed by atoms with Crippen molar-refractivity contribution in [3.63, 3.8) is 0 Å². The van der Waals surface area contributed by atoms with Crippen molar-refractivity contribution in [1.82, 2.24) is 4.98 Å². The van der Waals surface area contributed by atoms with E-state index >= 15 is 0 Å². The Morgan fingerprint density at radius 1 is 0.903 bits per heavy atom. The summed E-state index contributed by atoms with van der Waals surface area (Å²) in [4.78, 5) is 17.1. The van der Waals surface area contributed by atoms with Crippen molar-refractivity contribution < 1.29 is 13.2 Å². The summed E-state index contributed by atoms with van der Waals surface area (Å²) in [6.07, 6.45) is 0. The van der Waals surface area contributed by atoms with Crippen LogP contribution in [-0.4, -0.2) is 19.3 Å². The van der Waals surface area contributed by atoms with Crippen molar-refractivity contribution in [3.05, 3.63) is 82.9 Å². The number of amides is 1. The monoisotopic (exact) mass is 451 g/mol. The third-order valence-electron chi connectivity index (χ3n) is 4.81. The number of sulfonamides is 1. The SMILES string of the molecule is Cc1ccc(C(=O)Nc2nc3cc(NS(=O)(=O)c4cc(C)ccc4C)ccc3s2)cc1. The predicted molar refractivity (Wildman–Crippen MR) is 125 cm³/mol. The number of carbonyl (C=O) groups excluding carboxylic acids is 1. The second-order valence-electron chi connectivity index (χ2n) is 7.40. The molecule has 0 radical (unpaired) electrons. The molecule has 6 nitrogen and oxygen atoms in total. The van der Waals surface area contributed by atoms with Gasteiger partial charge in [0.15, 0.2) is 5.13 Å². The van der Waals surface area contributed by atoms with Crippen molar-refractivity contribution >= 4 is 48.3 Å². The van der Waals surface area contributed by atoms with Gasteiger partial charge in [0.1, 0.15) is 0 Å². The normalized spacial score (nSPS) is 11.5. The second-order valence-corrected chi connectivity index (χ2v) is 10.1. The number of carbonyl (C=O) groups is 1. The van der Waals surface area contributed by atoms with Gasteiger partial charge in [-0.2, -0.15) is 0 Å². The molecule has 0 aliphatic carbocycles. The molecule has 31 heavy (non-hydrogen) atoms. The van der Waals surface area contributed by atoms with Crippen LogP contribution in [0.5, 0.6) is 0 Å². The third kappa shape index (κ3) is 4.60. The first-order chi connectivity index (χ1) is 14.7. The lowest BCUT2D eigenvalue weighted by Crippen LogP contribution is -2.14. The number of aromatic nitrogens is 1. The minimum Gasteiger partial charge on any atom is -0.298 e. The van der Waals surface area contributed by atoms with Crippen molar-refractivity contribution in [2.24, 2.45) is 0 Å². The number of fused-ring (bicyclic) bond motifs is 1. The molecule has 4 rings (SSSR count). The molecule has 0 fully saturated rings. The molecule has 0 saturated carbocycles. The number of aryl methyl sites for hydroxylation is 3. The van der Waals surface area contributed by atoms with Crippen LogP contribution >= 0.6 is 11.3 Å². The van der Waals surface area contributed by atoms with Gasteiger partial charge in [0.25, 0.3) is 15.9 Å². The fourth-order valence-electron chi connectivity index (χ4n) is 3.13. The molecule has 1 heterocycles. The number of nitrogens with zero attached hydrogens (tertiary/aromatic N) is 1. The Bertz CT molecular complexity index is 1390. The summed E-state index contributed by atoms with van der Waals surface area (Å²) < 4.78 is 29.2. The molecule has 3 aromatic carbocycles. The number of nitrogens with one attached hydrogen (secondary N) is 2. The number of anilines is 2. The summed E-state index contributed by atoms with van der Waals surface area (Å²) in [5, 5.41) is 3.26. The first-order valence-corrected chi connectivity index (χ1v) is 11.9. The van der Waals surface area contributed by atoms with E-state index in [1.54, 1.807) is 49.4 Å². The van der Waals surface area contributed by atoms with E-state index in [1.165, 1.54) is 11.3 Å². The smallest absolute Gasteiger partial charge is 0.262 e. The molecule has 0 aliphatic heterocycles. The van der Waals surface area contributed by atoms with E-state index in [9.17, 15) is 13.2 Å². The zero-order valence-electron chi connectivity index (χ0n) is 17.3. The van der Waals surface area contributed by atoms with Crippen LogP contribution < -0.4 is 10.0 Å².